The van der Waals surface area contributed by atoms with E-state index in [4.69, 9.17) is 5.73 Å². The second-order valence-corrected chi connectivity index (χ2v) is 10.3. The van der Waals surface area contributed by atoms with Gasteiger partial charge in [-0.25, -0.2) is 4.98 Å². The first-order valence-corrected chi connectivity index (χ1v) is 12.8. The van der Waals surface area contributed by atoms with Crippen LogP contribution in [0.2, 0.25) is 0 Å². The highest BCUT2D eigenvalue weighted by atomic mass is 32.2. The molecule has 0 unspecified atom stereocenters. The summed E-state index contributed by atoms with van der Waals surface area (Å²) in [5, 5.41) is 5.92. The van der Waals surface area contributed by atoms with E-state index in [2.05, 4.69) is 15.6 Å². The minimum absolute atomic E-state index is 0.0834. The second-order valence-electron chi connectivity index (χ2n) is 9.14. The highest BCUT2D eigenvalue weighted by Crippen LogP contribution is 2.36. The first-order chi connectivity index (χ1) is 17.7. The van der Waals surface area contributed by atoms with Crippen molar-refractivity contribution in [2.75, 3.05) is 17.6 Å². The first kappa shape index (κ1) is 25.0. The highest BCUT2D eigenvalue weighted by molar-refractivity contribution is 7.99. The number of carbonyl (C=O) groups excluding carboxylic acids is 1. The fraction of sp³-hybridized carbons (Fsp3) is 0.259. The van der Waals surface area contributed by atoms with Crippen LogP contribution in [0.15, 0.2) is 70.7 Å². The average molecular weight is 526 g/mol. The Balaban J connectivity index is 1.52. The largest absolute Gasteiger partial charge is 0.398 e. The van der Waals surface area contributed by atoms with Gasteiger partial charge < -0.3 is 16.4 Å². The summed E-state index contributed by atoms with van der Waals surface area (Å²) < 4.78 is 40.3. The standard InChI is InChI=1S/C27H26F3N5OS/c1-16-12-17(6-9-20(16)26(36)34-18-7-8-18)23-14-33-25-22(32-11-10-27(28,29)30)13-19(15-35(23)25)37-24-5-3-2-4-21(24)31/h2-6,9,12-15,18,32H,7-8,10-11,31H2,1H3,(H,34,36). The van der Waals surface area contributed by atoms with Gasteiger partial charge in [-0.2, -0.15) is 13.2 Å². The molecule has 0 bridgehead atoms. The SMILES string of the molecule is Cc1cc(-c2cnc3c(NCCC(F)(F)F)cc(Sc4ccccc4N)cn23)ccc1C(=O)NC1CC1. The lowest BCUT2D eigenvalue weighted by atomic mass is 10.0. The second kappa shape index (κ2) is 10.0. The Bertz CT molecular complexity index is 1460. The van der Waals surface area contributed by atoms with E-state index in [9.17, 15) is 18.0 Å². The third-order valence-electron chi connectivity index (χ3n) is 6.13. The van der Waals surface area contributed by atoms with Gasteiger partial charge in [0.05, 0.1) is 24.0 Å². The number of anilines is 2. The zero-order valence-electron chi connectivity index (χ0n) is 20.1. The number of nitrogens with zero attached hydrogens (tertiary/aromatic N) is 2. The van der Waals surface area contributed by atoms with E-state index >= 15 is 0 Å². The van der Waals surface area contributed by atoms with Crippen LogP contribution in [0.25, 0.3) is 16.9 Å². The smallest absolute Gasteiger partial charge is 0.390 e. The fourth-order valence-corrected chi connectivity index (χ4v) is 4.99. The van der Waals surface area contributed by atoms with Gasteiger partial charge in [0.15, 0.2) is 5.65 Å². The number of rotatable bonds is 8. The number of hydrogen-bond donors (Lipinski definition) is 3. The third kappa shape index (κ3) is 5.85. The van der Waals surface area contributed by atoms with E-state index < -0.39 is 12.6 Å². The normalized spacial score (nSPS) is 13.6. The summed E-state index contributed by atoms with van der Waals surface area (Å²) in [4.78, 5) is 18.7. The van der Waals surface area contributed by atoms with Crippen LogP contribution < -0.4 is 16.4 Å². The number of para-hydroxylation sites is 1. The lowest BCUT2D eigenvalue weighted by molar-refractivity contribution is -0.131. The van der Waals surface area contributed by atoms with Crippen molar-refractivity contribution in [3.8, 4) is 11.3 Å². The number of benzene rings is 2. The summed E-state index contributed by atoms with van der Waals surface area (Å²) in [7, 11) is 0. The van der Waals surface area contributed by atoms with Gasteiger partial charge >= 0.3 is 6.18 Å². The molecule has 0 radical (unpaired) electrons. The molecule has 0 atom stereocenters. The first-order valence-electron chi connectivity index (χ1n) is 11.9. The van der Waals surface area contributed by atoms with E-state index in [0.717, 1.165) is 39.5 Å². The van der Waals surface area contributed by atoms with Crippen LogP contribution in [0.1, 0.15) is 35.2 Å². The molecule has 5 rings (SSSR count). The number of amides is 1. The molecule has 6 nitrogen and oxygen atoms in total. The summed E-state index contributed by atoms with van der Waals surface area (Å²) in [5.41, 5.74) is 10.8. The maximum absolute atomic E-state index is 12.8. The number of imidazole rings is 1. The fourth-order valence-electron chi connectivity index (χ4n) is 4.07. The number of aryl methyl sites for hydroxylation is 1. The van der Waals surface area contributed by atoms with Crippen LogP contribution in [0.5, 0.6) is 0 Å². The molecule has 37 heavy (non-hydrogen) atoms. The Kier molecular flexibility index (Phi) is 6.76. The molecular formula is C27H26F3N5OS. The van der Waals surface area contributed by atoms with Crippen LogP contribution in [-0.2, 0) is 0 Å². The van der Waals surface area contributed by atoms with Crippen molar-refractivity contribution in [3.63, 3.8) is 0 Å². The number of nitrogens with one attached hydrogen (secondary N) is 2. The Morgan fingerprint density at radius 3 is 2.68 bits per heavy atom. The van der Waals surface area contributed by atoms with Crippen LogP contribution in [0, 0.1) is 6.92 Å². The summed E-state index contributed by atoms with van der Waals surface area (Å²) in [5.74, 6) is -0.0834. The number of alkyl halides is 3. The van der Waals surface area contributed by atoms with Crippen molar-refractivity contribution in [1.29, 1.82) is 0 Å². The van der Waals surface area contributed by atoms with Crippen LogP contribution in [-0.4, -0.2) is 34.1 Å². The maximum atomic E-state index is 12.8. The summed E-state index contributed by atoms with van der Waals surface area (Å²) in [6.45, 7) is 1.62. The molecule has 0 saturated heterocycles. The van der Waals surface area contributed by atoms with E-state index in [-0.39, 0.29) is 18.5 Å². The van der Waals surface area contributed by atoms with E-state index in [1.54, 1.807) is 24.4 Å². The molecule has 1 aliphatic carbocycles. The number of pyridine rings is 1. The minimum atomic E-state index is -4.26. The number of hydrogen-bond acceptors (Lipinski definition) is 5. The predicted octanol–water partition coefficient (Wildman–Crippen LogP) is 6.30. The molecule has 10 heteroatoms. The monoisotopic (exact) mass is 525 g/mol. The molecule has 2 aromatic heterocycles. The van der Waals surface area contributed by atoms with Gasteiger partial charge in [-0.1, -0.05) is 30.0 Å². The third-order valence-corrected chi connectivity index (χ3v) is 7.18. The molecule has 2 aromatic carbocycles. The molecular weight excluding hydrogens is 499 g/mol. The van der Waals surface area contributed by atoms with Gasteiger partial charge in [0.2, 0.25) is 0 Å². The Labute approximate surface area is 216 Å². The van der Waals surface area contributed by atoms with Gasteiger partial charge in [-0.3, -0.25) is 9.20 Å². The molecule has 1 aliphatic rings. The minimum Gasteiger partial charge on any atom is -0.398 e. The number of halogens is 3. The van der Waals surface area contributed by atoms with Crippen LogP contribution >= 0.6 is 11.8 Å². The number of carbonyl (C=O) groups is 1. The van der Waals surface area contributed by atoms with Crippen molar-refractivity contribution >= 4 is 34.7 Å². The number of nitrogen functional groups attached to an aromatic ring is 1. The van der Waals surface area contributed by atoms with Gasteiger partial charge in [-0.05, 0) is 55.7 Å². The predicted molar refractivity (Wildman–Crippen MR) is 140 cm³/mol. The lowest BCUT2D eigenvalue weighted by Crippen LogP contribution is -2.26. The molecule has 1 saturated carbocycles. The summed E-state index contributed by atoms with van der Waals surface area (Å²) in [6, 6.07) is 15.1. The zero-order chi connectivity index (χ0) is 26.2. The van der Waals surface area contributed by atoms with E-state index in [1.165, 1.54) is 11.8 Å². The van der Waals surface area contributed by atoms with Crippen LogP contribution in [0.3, 0.4) is 0 Å². The molecule has 4 aromatic rings. The molecule has 0 spiro atoms. The average Bonchev–Trinajstić information content (AvgIpc) is 3.54. The van der Waals surface area contributed by atoms with Crippen molar-refractivity contribution in [3.05, 3.63) is 72.1 Å². The van der Waals surface area contributed by atoms with E-state index in [0.29, 0.717) is 22.6 Å². The van der Waals surface area contributed by atoms with Crippen molar-refractivity contribution in [2.45, 2.75) is 48.2 Å². The molecule has 1 fully saturated rings. The molecule has 0 aliphatic heterocycles. The van der Waals surface area contributed by atoms with Gasteiger partial charge in [0.1, 0.15) is 0 Å². The maximum Gasteiger partial charge on any atom is 0.390 e. The van der Waals surface area contributed by atoms with Crippen molar-refractivity contribution in [1.82, 2.24) is 14.7 Å². The topological polar surface area (TPSA) is 84.4 Å². The summed E-state index contributed by atoms with van der Waals surface area (Å²) >= 11 is 1.42. The highest BCUT2D eigenvalue weighted by Gasteiger charge is 2.27. The zero-order valence-corrected chi connectivity index (χ0v) is 20.9. The number of nitrogens with two attached hydrogens (primary N) is 1. The molecule has 4 N–H and O–H groups in total. The number of aromatic nitrogens is 2. The lowest BCUT2D eigenvalue weighted by Gasteiger charge is -2.14. The van der Waals surface area contributed by atoms with Gasteiger partial charge in [0.25, 0.3) is 5.91 Å². The Hall–Kier alpha value is -3.66. The molecule has 192 valence electrons. The van der Waals surface area contributed by atoms with E-state index in [1.807, 2.05) is 47.9 Å². The molecule has 1 amide bonds. The summed E-state index contributed by atoms with van der Waals surface area (Å²) in [6.07, 6.45) is 0.387. The van der Waals surface area contributed by atoms with Crippen LogP contribution in [0.4, 0.5) is 24.5 Å². The van der Waals surface area contributed by atoms with Gasteiger partial charge in [0, 0.05) is 45.4 Å². The van der Waals surface area contributed by atoms with Crippen molar-refractivity contribution < 1.29 is 18.0 Å². The Morgan fingerprint density at radius 1 is 1.19 bits per heavy atom. The Morgan fingerprint density at radius 2 is 1.97 bits per heavy atom. The van der Waals surface area contributed by atoms with Crippen molar-refractivity contribution in [2.24, 2.45) is 0 Å². The van der Waals surface area contributed by atoms with Gasteiger partial charge in [-0.15, -0.1) is 0 Å². The quantitative estimate of drug-likeness (QED) is 0.235. The number of fused-ring (bicyclic) bond motifs is 1. The molecule has 2 heterocycles.